The first kappa shape index (κ1) is 14.7. The van der Waals surface area contributed by atoms with Crippen LogP contribution in [0.25, 0.3) is 0 Å². The summed E-state index contributed by atoms with van der Waals surface area (Å²) >= 11 is 0. The van der Waals surface area contributed by atoms with Crippen molar-refractivity contribution in [2.24, 2.45) is 0 Å². The molecule has 106 valence electrons. The molecule has 0 saturated heterocycles. The number of hydrogen-bond donors (Lipinski definition) is 1. The van der Waals surface area contributed by atoms with Crippen LogP contribution in [0.5, 0.6) is 0 Å². The van der Waals surface area contributed by atoms with Gasteiger partial charge >= 0.3 is 0 Å². The van der Waals surface area contributed by atoms with Gasteiger partial charge in [-0.05, 0) is 48.2 Å². The normalized spacial score (nSPS) is 13.6. The first-order valence-corrected chi connectivity index (χ1v) is 6.61. The molecule has 0 fully saturated rings. The van der Waals surface area contributed by atoms with E-state index >= 15 is 0 Å². The molecule has 0 spiro atoms. The molecule has 1 aliphatic rings. The maximum atomic E-state index is 13.2. The second kappa shape index (κ2) is 6.14. The first-order valence-electron chi connectivity index (χ1n) is 6.61. The summed E-state index contributed by atoms with van der Waals surface area (Å²) in [5, 5.41) is 0. The quantitative estimate of drug-likeness (QED) is 0.854. The highest BCUT2D eigenvalue weighted by Gasteiger charge is 2.18. The van der Waals surface area contributed by atoms with Gasteiger partial charge in [0.25, 0.3) is 0 Å². The van der Waals surface area contributed by atoms with Gasteiger partial charge < -0.3 is 10.6 Å². The highest BCUT2D eigenvalue weighted by atomic mass is 35.5. The zero-order chi connectivity index (χ0) is 13.2. The van der Waals surface area contributed by atoms with E-state index in [1.807, 2.05) is 18.2 Å². The van der Waals surface area contributed by atoms with E-state index < -0.39 is 0 Å². The van der Waals surface area contributed by atoms with E-state index in [1.54, 1.807) is 12.1 Å². The highest BCUT2D eigenvalue weighted by molar-refractivity contribution is 5.85. The number of rotatable bonds is 2. The number of nitrogens with two attached hydrogens (primary N) is 1. The molecule has 0 atom stereocenters. The second-order valence-corrected chi connectivity index (χ2v) is 5.00. The highest BCUT2D eigenvalue weighted by Crippen LogP contribution is 2.32. The van der Waals surface area contributed by atoms with Gasteiger partial charge in [-0.2, -0.15) is 0 Å². The summed E-state index contributed by atoms with van der Waals surface area (Å²) in [6.45, 7) is 1.72. The Balaban J connectivity index is 0.00000147. The largest absolute Gasteiger partial charge is 0.398 e. The van der Waals surface area contributed by atoms with Crippen molar-refractivity contribution < 1.29 is 4.39 Å². The molecular formula is C16H18ClFN2. The van der Waals surface area contributed by atoms with Gasteiger partial charge in [-0.25, -0.2) is 4.39 Å². The van der Waals surface area contributed by atoms with Crippen molar-refractivity contribution >= 4 is 23.8 Å². The van der Waals surface area contributed by atoms with Crippen molar-refractivity contribution in [3.8, 4) is 0 Å². The Morgan fingerprint density at radius 3 is 2.75 bits per heavy atom. The molecule has 2 N–H and O–H groups in total. The fourth-order valence-electron chi connectivity index (χ4n) is 2.75. The van der Waals surface area contributed by atoms with Gasteiger partial charge in [0.05, 0.1) is 0 Å². The van der Waals surface area contributed by atoms with Crippen LogP contribution in [0.2, 0.25) is 0 Å². The van der Waals surface area contributed by atoms with Crippen LogP contribution in [0.15, 0.2) is 42.5 Å². The van der Waals surface area contributed by atoms with Gasteiger partial charge in [-0.3, -0.25) is 0 Å². The monoisotopic (exact) mass is 292 g/mol. The molecule has 0 aliphatic carbocycles. The molecule has 2 aromatic rings. The summed E-state index contributed by atoms with van der Waals surface area (Å²) < 4.78 is 13.2. The van der Waals surface area contributed by atoms with Gasteiger partial charge in [0.1, 0.15) is 5.82 Å². The van der Waals surface area contributed by atoms with Crippen molar-refractivity contribution in [3.05, 3.63) is 59.4 Å². The summed E-state index contributed by atoms with van der Waals surface area (Å²) in [6.07, 6.45) is 2.12. The summed E-state index contributed by atoms with van der Waals surface area (Å²) in [6, 6.07) is 12.8. The summed E-state index contributed by atoms with van der Waals surface area (Å²) in [7, 11) is 0. The van der Waals surface area contributed by atoms with Crippen molar-refractivity contribution in [3.63, 3.8) is 0 Å². The zero-order valence-corrected chi connectivity index (χ0v) is 12.0. The van der Waals surface area contributed by atoms with E-state index in [1.165, 1.54) is 17.3 Å². The van der Waals surface area contributed by atoms with E-state index in [4.69, 9.17) is 5.73 Å². The SMILES string of the molecule is Cl.Nc1cccc2c1CCCN2Cc1cccc(F)c1. The smallest absolute Gasteiger partial charge is 0.123 e. The predicted octanol–water partition coefficient (Wildman–Crippen LogP) is 3.78. The lowest BCUT2D eigenvalue weighted by molar-refractivity contribution is 0.622. The number of anilines is 2. The molecule has 0 unspecified atom stereocenters. The van der Waals surface area contributed by atoms with Gasteiger partial charge in [0.15, 0.2) is 0 Å². The van der Waals surface area contributed by atoms with Gasteiger partial charge in [-0.1, -0.05) is 18.2 Å². The molecule has 0 amide bonds. The summed E-state index contributed by atoms with van der Waals surface area (Å²) in [5.41, 5.74) is 10.3. The van der Waals surface area contributed by atoms with Crippen molar-refractivity contribution in [1.82, 2.24) is 0 Å². The van der Waals surface area contributed by atoms with Crippen molar-refractivity contribution in [2.75, 3.05) is 17.2 Å². The molecule has 0 radical (unpaired) electrons. The summed E-state index contributed by atoms with van der Waals surface area (Å²) in [4.78, 5) is 2.28. The maximum absolute atomic E-state index is 13.2. The molecule has 0 aromatic heterocycles. The third-order valence-corrected chi connectivity index (χ3v) is 3.65. The van der Waals surface area contributed by atoms with Crippen molar-refractivity contribution in [2.45, 2.75) is 19.4 Å². The standard InChI is InChI=1S/C16H17FN2.ClH/c17-13-5-1-4-12(10-13)11-19-9-3-6-14-15(18)7-2-8-16(14)19;/h1-2,4-5,7-8,10H,3,6,9,11,18H2;1H. The minimum absolute atomic E-state index is 0. The van der Waals surface area contributed by atoms with Gasteiger partial charge in [0, 0.05) is 24.5 Å². The first-order chi connectivity index (χ1) is 9.24. The zero-order valence-electron chi connectivity index (χ0n) is 11.2. The Morgan fingerprint density at radius 2 is 1.95 bits per heavy atom. The van der Waals surface area contributed by atoms with Crippen LogP contribution in [-0.4, -0.2) is 6.54 Å². The van der Waals surface area contributed by atoms with Crippen LogP contribution in [0.4, 0.5) is 15.8 Å². The predicted molar refractivity (Wildman–Crippen MR) is 83.9 cm³/mol. The Bertz CT molecular complexity index is 601. The third kappa shape index (κ3) is 2.88. The lowest BCUT2D eigenvalue weighted by atomic mass is 9.99. The Hall–Kier alpha value is -1.74. The van der Waals surface area contributed by atoms with Crippen LogP contribution < -0.4 is 10.6 Å². The molecule has 2 aromatic carbocycles. The molecule has 20 heavy (non-hydrogen) atoms. The molecule has 4 heteroatoms. The average Bonchev–Trinajstić information content (AvgIpc) is 2.40. The van der Waals surface area contributed by atoms with E-state index in [-0.39, 0.29) is 18.2 Å². The maximum Gasteiger partial charge on any atom is 0.123 e. The molecule has 3 rings (SSSR count). The third-order valence-electron chi connectivity index (χ3n) is 3.65. The van der Waals surface area contributed by atoms with Crippen LogP contribution in [0, 0.1) is 5.82 Å². The topological polar surface area (TPSA) is 29.3 Å². The second-order valence-electron chi connectivity index (χ2n) is 5.00. The van der Waals surface area contributed by atoms with E-state index in [0.29, 0.717) is 0 Å². The number of hydrogen-bond acceptors (Lipinski definition) is 2. The minimum Gasteiger partial charge on any atom is -0.398 e. The Labute approximate surface area is 124 Å². The number of nitrogen functional groups attached to an aromatic ring is 1. The van der Waals surface area contributed by atoms with E-state index in [0.717, 1.165) is 37.2 Å². The van der Waals surface area contributed by atoms with Crippen LogP contribution in [0.3, 0.4) is 0 Å². The number of nitrogens with zero attached hydrogens (tertiary/aromatic N) is 1. The fourth-order valence-corrected chi connectivity index (χ4v) is 2.75. The van der Waals surface area contributed by atoms with Gasteiger partial charge in [-0.15, -0.1) is 12.4 Å². The van der Waals surface area contributed by atoms with E-state index in [9.17, 15) is 4.39 Å². The van der Waals surface area contributed by atoms with E-state index in [2.05, 4.69) is 11.0 Å². The lowest BCUT2D eigenvalue weighted by Gasteiger charge is -2.32. The average molecular weight is 293 g/mol. The van der Waals surface area contributed by atoms with Gasteiger partial charge in [0.2, 0.25) is 0 Å². The fraction of sp³-hybridized carbons (Fsp3) is 0.250. The molecule has 1 aliphatic heterocycles. The molecular weight excluding hydrogens is 275 g/mol. The van der Waals surface area contributed by atoms with Crippen molar-refractivity contribution in [1.29, 1.82) is 0 Å². The number of halogens is 2. The lowest BCUT2D eigenvalue weighted by Crippen LogP contribution is -2.29. The Kier molecular flexibility index (Phi) is 4.50. The molecule has 1 heterocycles. The number of benzene rings is 2. The van der Waals surface area contributed by atoms with Crippen LogP contribution in [0.1, 0.15) is 17.5 Å². The Morgan fingerprint density at radius 1 is 1.15 bits per heavy atom. The summed E-state index contributed by atoms with van der Waals surface area (Å²) in [5.74, 6) is -0.178. The molecule has 0 saturated carbocycles. The molecule has 2 nitrogen and oxygen atoms in total. The van der Waals surface area contributed by atoms with Crippen LogP contribution >= 0.6 is 12.4 Å². The number of fused-ring (bicyclic) bond motifs is 1. The van der Waals surface area contributed by atoms with Crippen LogP contribution in [-0.2, 0) is 13.0 Å². The minimum atomic E-state index is -0.178. The molecule has 0 bridgehead atoms.